The standard InChI is InChI=1S/C10H10ClNO3/c1-6-5-7(15-2)3-4-8(6)12-10(14)9(11)13/h3-5H,1-2H3,(H,12,14). The molecule has 5 heteroatoms. The lowest BCUT2D eigenvalue weighted by Crippen LogP contribution is -2.18. The van der Waals surface area contributed by atoms with Gasteiger partial charge in [-0.05, 0) is 42.3 Å². The van der Waals surface area contributed by atoms with Gasteiger partial charge in [0.05, 0.1) is 7.11 Å². The maximum absolute atomic E-state index is 11.0. The van der Waals surface area contributed by atoms with Gasteiger partial charge in [-0.1, -0.05) is 0 Å². The number of amides is 1. The number of ether oxygens (including phenoxy) is 1. The van der Waals surface area contributed by atoms with E-state index in [0.717, 1.165) is 5.56 Å². The largest absolute Gasteiger partial charge is 0.497 e. The smallest absolute Gasteiger partial charge is 0.310 e. The molecule has 0 aliphatic heterocycles. The lowest BCUT2D eigenvalue weighted by molar-refractivity contribution is -0.130. The van der Waals surface area contributed by atoms with Gasteiger partial charge in [0.2, 0.25) is 0 Å². The van der Waals surface area contributed by atoms with Crippen molar-refractivity contribution in [1.29, 1.82) is 0 Å². The van der Waals surface area contributed by atoms with Crippen LogP contribution in [0.15, 0.2) is 18.2 Å². The number of carbonyl (C=O) groups is 2. The van der Waals surface area contributed by atoms with E-state index in [9.17, 15) is 9.59 Å². The molecule has 0 aromatic heterocycles. The van der Waals surface area contributed by atoms with Gasteiger partial charge in [0.15, 0.2) is 0 Å². The van der Waals surface area contributed by atoms with E-state index in [0.29, 0.717) is 11.4 Å². The van der Waals surface area contributed by atoms with Gasteiger partial charge in [0.25, 0.3) is 0 Å². The Kier molecular flexibility index (Phi) is 3.68. The van der Waals surface area contributed by atoms with Crippen molar-refractivity contribution < 1.29 is 14.3 Å². The van der Waals surface area contributed by atoms with Crippen LogP contribution in [0, 0.1) is 6.92 Å². The van der Waals surface area contributed by atoms with E-state index in [1.807, 2.05) is 0 Å². The molecule has 0 spiro atoms. The molecule has 0 aliphatic rings. The zero-order valence-electron chi connectivity index (χ0n) is 8.33. The molecule has 0 atom stereocenters. The Morgan fingerprint density at radius 2 is 2.07 bits per heavy atom. The topological polar surface area (TPSA) is 55.4 Å². The number of rotatable bonds is 3. The van der Waals surface area contributed by atoms with E-state index >= 15 is 0 Å². The normalized spacial score (nSPS) is 9.53. The number of carbonyl (C=O) groups excluding carboxylic acids is 2. The van der Waals surface area contributed by atoms with E-state index in [2.05, 4.69) is 5.32 Å². The summed E-state index contributed by atoms with van der Waals surface area (Å²) in [6.45, 7) is 1.79. The monoisotopic (exact) mass is 227 g/mol. The van der Waals surface area contributed by atoms with Crippen LogP contribution in [0.4, 0.5) is 5.69 Å². The second kappa shape index (κ2) is 4.79. The van der Waals surface area contributed by atoms with Crippen LogP contribution in [0.5, 0.6) is 5.75 Å². The van der Waals surface area contributed by atoms with Crippen molar-refractivity contribution in [2.45, 2.75) is 6.92 Å². The zero-order chi connectivity index (χ0) is 11.4. The lowest BCUT2D eigenvalue weighted by atomic mass is 10.2. The number of hydrogen-bond acceptors (Lipinski definition) is 3. The third kappa shape index (κ3) is 2.95. The second-order valence-electron chi connectivity index (χ2n) is 2.91. The maximum atomic E-state index is 11.0. The molecular weight excluding hydrogens is 218 g/mol. The van der Waals surface area contributed by atoms with Crippen LogP contribution in [-0.2, 0) is 9.59 Å². The van der Waals surface area contributed by atoms with Crippen molar-refractivity contribution >= 4 is 28.4 Å². The molecule has 1 aromatic carbocycles. The molecule has 0 unspecified atom stereocenters. The first-order valence-corrected chi connectivity index (χ1v) is 4.58. The van der Waals surface area contributed by atoms with Crippen LogP contribution in [0.25, 0.3) is 0 Å². The van der Waals surface area contributed by atoms with Gasteiger partial charge < -0.3 is 10.1 Å². The van der Waals surface area contributed by atoms with Crippen LogP contribution in [0.2, 0.25) is 0 Å². The van der Waals surface area contributed by atoms with E-state index < -0.39 is 11.1 Å². The van der Waals surface area contributed by atoms with Crippen LogP contribution in [-0.4, -0.2) is 18.3 Å². The number of methoxy groups -OCH3 is 1. The van der Waals surface area contributed by atoms with E-state index in [-0.39, 0.29) is 0 Å². The zero-order valence-corrected chi connectivity index (χ0v) is 9.09. The van der Waals surface area contributed by atoms with Crippen molar-refractivity contribution in [3.8, 4) is 5.75 Å². The fourth-order valence-corrected chi connectivity index (χ4v) is 1.12. The molecule has 1 amide bonds. The third-order valence-electron chi connectivity index (χ3n) is 1.86. The van der Waals surface area contributed by atoms with Crippen molar-refractivity contribution in [2.24, 2.45) is 0 Å². The molecule has 80 valence electrons. The molecule has 0 aliphatic carbocycles. The number of hydrogen-bond donors (Lipinski definition) is 1. The molecule has 1 N–H and O–H groups in total. The predicted molar refractivity (Wildman–Crippen MR) is 57.2 cm³/mol. The summed E-state index contributed by atoms with van der Waals surface area (Å²) >= 11 is 5.01. The van der Waals surface area contributed by atoms with Crippen LogP contribution in [0.1, 0.15) is 5.56 Å². The van der Waals surface area contributed by atoms with Crippen molar-refractivity contribution in [3.63, 3.8) is 0 Å². The second-order valence-corrected chi connectivity index (χ2v) is 3.25. The minimum Gasteiger partial charge on any atom is -0.497 e. The Hall–Kier alpha value is -1.55. The lowest BCUT2D eigenvalue weighted by Gasteiger charge is -2.07. The predicted octanol–water partition coefficient (Wildman–Crippen LogP) is 1.71. The Labute approximate surface area is 92.2 Å². The minimum atomic E-state index is -1.04. The summed E-state index contributed by atoms with van der Waals surface area (Å²) in [5, 5.41) is 1.35. The number of anilines is 1. The molecule has 0 saturated carbocycles. The number of benzene rings is 1. The SMILES string of the molecule is COc1ccc(NC(=O)C(=O)Cl)c(C)c1. The molecule has 0 heterocycles. The summed E-state index contributed by atoms with van der Waals surface area (Å²) in [6, 6.07) is 5.07. The highest BCUT2D eigenvalue weighted by molar-refractivity contribution is 6.82. The van der Waals surface area contributed by atoms with Crippen LogP contribution >= 0.6 is 11.6 Å². The van der Waals surface area contributed by atoms with Crippen molar-refractivity contribution in [2.75, 3.05) is 12.4 Å². The van der Waals surface area contributed by atoms with Gasteiger partial charge >= 0.3 is 11.1 Å². The Bertz CT molecular complexity index is 404. The van der Waals surface area contributed by atoms with Gasteiger partial charge in [0.1, 0.15) is 5.75 Å². The fourth-order valence-electron chi connectivity index (χ4n) is 1.07. The summed E-state index contributed by atoms with van der Waals surface area (Å²) in [6.07, 6.45) is 0. The average Bonchev–Trinajstić information content (AvgIpc) is 2.20. The fraction of sp³-hybridized carbons (Fsp3) is 0.200. The Morgan fingerprint density at radius 1 is 1.40 bits per heavy atom. The first kappa shape index (κ1) is 11.5. The molecule has 0 bridgehead atoms. The maximum Gasteiger partial charge on any atom is 0.310 e. The number of nitrogens with one attached hydrogen (secondary N) is 1. The van der Waals surface area contributed by atoms with Gasteiger partial charge in [-0.2, -0.15) is 0 Å². The van der Waals surface area contributed by atoms with Crippen LogP contribution in [0.3, 0.4) is 0 Å². The molecular formula is C10H10ClNO3. The molecule has 1 aromatic rings. The summed E-state index contributed by atoms with van der Waals surface area (Å²) in [7, 11) is 1.55. The van der Waals surface area contributed by atoms with Crippen molar-refractivity contribution in [1.82, 2.24) is 0 Å². The highest BCUT2D eigenvalue weighted by atomic mass is 35.5. The van der Waals surface area contributed by atoms with Crippen molar-refractivity contribution in [3.05, 3.63) is 23.8 Å². The van der Waals surface area contributed by atoms with E-state index in [1.54, 1.807) is 32.2 Å². The molecule has 0 fully saturated rings. The van der Waals surface area contributed by atoms with Gasteiger partial charge in [-0.25, -0.2) is 0 Å². The number of aryl methyl sites for hydroxylation is 1. The third-order valence-corrected chi connectivity index (χ3v) is 2.03. The molecule has 4 nitrogen and oxygen atoms in total. The van der Waals surface area contributed by atoms with Crippen LogP contribution < -0.4 is 10.1 Å². The summed E-state index contributed by atoms with van der Waals surface area (Å²) in [5.41, 5.74) is 1.33. The van der Waals surface area contributed by atoms with Gasteiger partial charge in [0, 0.05) is 5.69 Å². The van der Waals surface area contributed by atoms with E-state index in [4.69, 9.17) is 16.3 Å². The first-order valence-electron chi connectivity index (χ1n) is 4.20. The Balaban J connectivity index is 2.87. The minimum absolute atomic E-state index is 0.537. The first-order chi connectivity index (χ1) is 7.04. The highest BCUT2D eigenvalue weighted by Gasteiger charge is 2.11. The molecule has 0 radical (unpaired) electrons. The quantitative estimate of drug-likeness (QED) is 0.632. The molecule has 15 heavy (non-hydrogen) atoms. The number of halogens is 1. The summed E-state index contributed by atoms with van der Waals surface area (Å²) in [4.78, 5) is 21.5. The Morgan fingerprint density at radius 3 is 2.53 bits per heavy atom. The van der Waals surface area contributed by atoms with Gasteiger partial charge in [-0.15, -0.1) is 0 Å². The summed E-state index contributed by atoms with van der Waals surface area (Å²) in [5.74, 6) is -0.160. The highest BCUT2D eigenvalue weighted by Crippen LogP contribution is 2.20. The summed E-state index contributed by atoms with van der Waals surface area (Å²) < 4.78 is 5.00. The van der Waals surface area contributed by atoms with Gasteiger partial charge in [-0.3, -0.25) is 9.59 Å². The van der Waals surface area contributed by atoms with E-state index in [1.165, 1.54) is 0 Å². The average molecular weight is 228 g/mol. The molecule has 1 rings (SSSR count). The molecule has 0 saturated heterocycles.